The van der Waals surface area contributed by atoms with E-state index in [4.69, 9.17) is 10.00 Å². The van der Waals surface area contributed by atoms with Crippen LogP contribution in [-0.4, -0.2) is 52.0 Å². The minimum absolute atomic E-state index is 0.0628. The van der Waals surface area contributed by atoms with Crippen LogP contribution in [0, 0.1) is 11.3 Å². The number of H-pyrrole nitrogens is 1. The minimum Gasteiger partial charge on any atom is -0.444 e. The number of hydrogen-bond donors (Lipinski definition) is 2. The van der Waals surface area contributed by atoms with E-state index >= 15 is 0 Å². The number of pyridine rings is 1. The summed E-state index contributed by atoms with van der Waals surface area (Å²) < 4.78 is 5.35. The Morgan fingerprint density at radius 2 is 2.44 bits per heavy atom. The largest absolute Gasteiger partial charge is 0.444 e. The summed E-state index contributed by atoms with van der Waals surface area (Å²) in [7, 11) is 0. The van der Waals surface area contributed by atoms with E-state index in [1.165, 1.54) is 0 Å². The average molecular weight is 337 g/mol. The Labute approximate surface area is 142 Å². The van der Waals surface area contributed by atoms with E-state index in [9.17, 15) is 4.79 Å². The van der Waals surface area contributed by atoms with E-state index in [1.807, 2.05) is 18.3 Å². The second-order valence-corrected chi connectivity index (χ2v) is 5.76. The van der Waals surface area contributed by atoms with E-state index in [1.54, 1.807) is 12.4 Å². The second kappa shape index (κ2) is 6.24. The molecule has 1 saturated heterocycles. The van der Waals surface area contributed by atoms with E-state index in [0.717, 1.165) is 34.2 Å². The van der Waals surface area contributed by atoms with Crippen molar-refractivity contribution in [2.45, 2.75) is 12.5 Å². The van der Waals surface area contributed by atoms with Crippen molar-refractivity contribution in [1.82, 2.24) is 25.5 Å². The molecule has 4 rings (SSSR count). The SMILES string of the molecule is N#CCNC(=O)OC1CCN(c2cnnc3cnc4[nH]ccc4c23)C1. The third kappa shape index (κ3) is 2.78. The molecule has 1 atom stereocenters. The molecule has 9 heteroatoms. The van der Waals surface area contributed by atoms with Crippen molar-refractivity contribution in [3.63, 3.8) is 0 Å². The molecule has 1 aliphatic rings. The number of ether oxygens (including phenoxy) is 1. The third-order valence-corrected chi connectivity index (χ3v) is 4.24. The van der Waals surface area contributed by atoms with Crippen molar-refractivity contribution < 1.29 is 9.53 Å². The quantitative estimate of drug-likeness (QED) is 0.692. The molecule has 1 amide bonds. The topological polar surface area (TPSA) is 120 Å². The van der Waals surface area contributed by atoms with Crippen LogP contribution < -0.4 is 10.2 Å². The maximum absolute atomic E-state index is 11.6. The predicted octanol–water partition coefficient (Wildman–Crippen LogP) is 1.33. The Balaban J connectivity index is 1.60. The summed E-state index contributed by atoms with van der Waals surface area (Å²) in [5.41, 5.74) is 2.46. The first kappa shape index (κ1) is 15.1. The Hall–Kier alpha value is -3.41. The summed E-state index contributed by atoms with van der Waals surface area (Å²) in [6.07, 6.45) is 5.19. The third-order valence-electron chi connectivity index (χ3n) is 4.24. The van der Waals surface area contributed by atoms with Crippen molar-refractivity contribution in [2.75, 3.05) is 24.5 Å². The Morgan fingerprint density at radius 3 is 3.32 bits per heavy atom. The minimum atomic E-state index is -0.566. The molecule has 0 aliphatic carbocycles. The van der Waals surface area contributed by atoms with Gasteiger partial charge in [0.15, 0.2) is 0 Å². The zero-order valence-electron chi connectivity index (χ0n) is 13.3. The fraction of sp³-hybridized carbons (Fsp3) is 0.312. The van der Waals surface area contributed by atoms with Crippen LogP contribution in [0.15, 0.2) is 24.7 Å². The van der Waals surface area contributed by atoms with Crippen LogP contribution in [0.25, 0.3) is 21.9 Å². The summed E-state index contributed by atoms with van der Waals surface area (Å²) in [6, 6.07) is 3.81. The molecule has 3 aromatic heterocycles. The zero-order valence-corrected chi connectivity index (χ0v) is 13.3. The molecule has 0 bridgehead atoms. The van der Waals surface area contributed by atoms with Gasteiger partial charge < -0.3 is 19.9 Å². The van der Waals surface area contributed by atoms with Crippen molar-refractivity contribution in [2.24, 2.45) is 0 Å². The number of anilines is 1. The number of nitriles is 1. The molecule has 1 unspecified atom stereocenters. The van der Waals surface area contributed by atoms with Gasteiger partial charge in [0, 0.05) is 29.9 Å². The van der Waals surface area contributed by atoms with Gasteiger partial charge in [-0.25, -0.2) is 9.78 Å². The molecule has 25 heavy (non-hydrogen) atoms. The summed E-state index contributed by atoms with van der Waals surface area (Å²) in [6.45, 7) is 1.24. The van der Waals surface area contributed by atoms with Gasteiger partial charge in [-0.15, -0.1) is 5.10 Å². The number of aromatic nitrogens is 4. The van der Waals surface area contributed by atoms with Gasteiger partial charge in [-0.1, -0.05) is 0 Å². The highest BCUT2D eigenvalue weighted by atomic mass is 16.6. The normalized spacial score (nSPS) is 16.9. The monoisotopic (exact) mass is 337 g/mol. The first-order chi connectivity index (χ1) is 12.3. The molecule has 0 spiro atoms. The number of nitrogens with one attached hydrogen (secondary N) is 2. The molecule has 4 heterocycles. The van der Waals surface area contributed by atoms with Crippen molar-refractivity contribution >= 4 is 33.7 Å². The fourth-order valence-electron chi connectivity index (χ4n) is 3.14. The van der Waals surface area contributed by atoms with Crippen LogP contribution in [0.2, 0.25) is 0 Å². The van der Waals surface area contributed by atoms with Crippen LogP contribution in [0.3, 0.4) is 0 Å². The van der Waals surface area contributed by atoms with Gasteiger partial charge in [-0.2, -0.15) is 10.4 Å². The molecule has 3 aromatic rings. The summed E-state index contributed by atoms with van der Waals surface area (Å²) >= 11 is 0. The lowest BCUT2D eigenvalue weighted by Gasteiger charge is -2.20. The number of amides is 1. The van der Waals surface area contributed by atoms with Gasteiger partial charge in [0.1, 0.15) is 23.8 Å². The number of fused-ring (bicyclic) bond motifs is 3. The second-order valence-electron chi connectivity index (χ2n) is 5.76. The highest BCUT2D eigenvalue weighted by Gasteiger charge is 2.27. The zero-order chi connectivity index (χ0) is 17.2. The highest BCUT2D eigenvalue weighted by Crippen LogP contribution is 2.32. The van der Waals surface area contributed by atoms with Gasteiger partial charge in [0.25, 0.3) is 0 Å². The van der Waals surface area contributed by atoms with E-state index in [0.29, 0.717) is 13.0 Å². The predicted molar refractivity (Wildman–Crippen MR) is 89.9 cm³/mol. The maximum atomic E-state index is 11.6. The lowest BCUT2D eigenvalue weighted by atomic mass is 10.1. The highest BCUT2D eigenvalue weighted by molar-refractivity contribution is 6.09. The van der Waals surface area contributed by atoms with Crippen molar-refractivity contribution in [1.29, 1.82) is 5.26 Å². The van der Waals surface area contributed by atoms with Crippen LogP contribution in [0.5, 0.6) is 0 Å². The molecule has 1 fully saturated rings. The van der Waals surface area contributed by atoms with Gasteiger partial charge in [-0.3, -0.25) is 0 Å². The number of aromatic amines is 1. The Bertz CT molecular complexity index is 977. The van der Waals surface area contributed by atoms with Crippen LogP contribution in [-0.2, 0) is 4.74 Å². The molecule has 2 N–H and O–H groups in total. The molecule has 126 valence electrons. The number of nitrogens with zero attached hydrogens (tertiary/aromatic N) is 5. The summed E-state index contributed by atoms with van der Waals surface area (Å²) in [5, 5.41) is 21.1. The van der Waals surface area contributed by atoms with E-state index in [-0.39, 0.29) is 12.6 Å². The number of hydrogen-bond acceptors (Lipinski definition) is 7. The van der Waals surface area contributed by atoms with E-state index in [2.05, 4.69) is 30.4 Å². The molecule has 0 radical (unpaired) electrons. The van der Waals surface area contributed by atoms with Gasteiger partial charge in [-0.05, 0) is 6.07 Å². The van der Waals surface area contributed by atoms with Gasteiger partial charge >= 0.3 is 6.09 Å². The first-order valence-electron chi connectivity index (χ1n) is 7.90. The van der Waals surface area contributed by atoms with Crippen LogP contribution in [0.4, 0.5) is 10.5 Å². The number of alkyl carbamates (subject to hydrolysis) is 1. The molecular formula is C16H15N7O2. The van der Waals surface area contributed by atoms with Crippen LogP contribution >= 0.6 is 0 Å². The van der Waals surface area contributed by atoms with Crippen LogP contribution in [0.1, 0.15) is 6.42 Å². The summed E-state index contributed by atoms with van der Waals surface area (Å²) in [5.74, 6) is 0. The number of rotatable bonds is 3. The van der Waals surface area contributed by atoms with Gasteiger partial charge in [0.05, 0.1) is 30.7 Å². The Morgan fingerprint density at radius 1 is 1.52 bits per heavy atom. The molecule has 1 aliphatic heterocycles. The Kier molecular flexibility index (Phi) is 3.78. The fourth-order valence-corrected chi connectivity index (χ4v) is 3.14. The lowest BCUT2D eigenvalue weighted by Crippen LogP contribution is -2.31. The first-order valence-corrected chi connectivity index (χ1v) is 7.90. The smallest absolute Gasteiger partial charge is 0.408 e. The maximum Gasteiger partial charge on any atom is 0.408 e. The number of carbonyl (C=O) groups is 1. The van der Waals surface area contributed by atoms with E-state index < -0.39 is 6.09 Å². The number of carbonyl (C=O) groups excluding carboxylic acids is 1. The molecular weight excluding hydrogens is 322 g/mol. The lowest BCUT2D eigenvalue weighted by molar-refractivity contribution is 0.109. The molecule has 0 saturated carbocycles. The van der Waals surface area contributed by atoms with Crippen molar-refractivity contribution in [3.05, 3.63) is 24.7 Å². The average Bonchev–Trinajstić information content (AvgIpc) is 3.28. The van der Waals surface area contributed by atoms with Crippen molar-refractivity contribution in [3.8, 4) is 6.07 Å². The summed E-state index contributed by atoms with van der Waals surface area (Å²) in [4.78, 5) is 21.2. The molecule has 9 nitrogen and oxygen atoms in total. The molecule has 0 aromatic carbocycles. The van der Waals surface area contributed by atoms with Gasteiger partial charge in [0.2, 0.25) is 0 Å². The standard InChI is InChI=1S/C16H15N7O2/c17-3-5-19-16(24)25-10-2-6-23(9-10)13-8-21-22-12-7-20-15-11(14(12)13)1-4-18-15/h1,4,7-8,10H,2,5-6,9H2,(H,18,20)(H,19,24).